The minimum Gasteiger partial charge on any atom is -0.486 e. The number of hydrogen-bond acceptors (Lipinski definition) is 4. The van der Waals surface area contributed by atoms with Crippen LogP contribution in [0.15, 0.2) is 40.9 Å². The zero-order chi connectivity index (χ0) is 20.1. The van der Waals surface area contributed by atoms with Crippen LogP contribution in [0.25, 0.3) is 0 Å². The number of anilines is 1. The highest BCUT2D eigenvalue weighted by molar-refractivity contribution is 9.10. The van der Waals surface area contributed by atoms with Crippen LogP contribution in [0.3, 0.4) is 0 Å². The standard InChI is InChI=1S/C19H19BrF2N2O4/c1-2-13(11-5-3-4-6-15(11)28-18(21)22)23-19(25)24-14-10-17-16(9-12(14)20)26-7-8-27-17/h3-6,9-10,13,18H,2,7-8H2,1H3,(H2,23,24,25). The summed E-state index contributed by atoms with van der Waals surface area (Å²) in [6.45, 7) is -0.213. The summed E-state index contributed by atoms with van der Waals surface area (Å²) in [7, 11) is 0. The average Bonchev–Trinajstić information content (AvgIpc) is 2.67. The van der Waals surface area contributed by atoms with Gasteiger partial charge in [0.25, 0.3) is 0 Å². The van der Waals surface area contributed by atoms with E-state index in [0.717, 1.165) is 0 Å². The number of benzene rings is 2. The van der Waals surface area contributed by atoms with E-state index in [4.69, 9.17) is 9.47 Å². The molecule has 9 heteroatoms. The van der Waals surface area contributed by atoms with Crippen LogP contribution in [-0.2, 0) is 0 Å². The maximum Gasteiger partial charge on any atom is 0.387 e. The normalized spacial score (nSPS) is 13.8. The molecule has 3 rings (SSSR count). The summed E-state index contributed by atoms with van der Waals surface area (Å²) in [5.41, 5.74) is 0.968. The molecular weight excluding hydrogens is 438 g/mol. The maximum absolute atomic E-state index is 12.7. The minimum absolute atomic E-state index is 0.0326. The Balaban J connectivity index is 1.73. The molecule has 6 nitrogen and oxygen atoms in total. The SMILES string of the molecule is CCC(NC(=O)Nc1cc2c(cc1Br)OCCO2)c1ccccc1OC(F)F. The lowest BCUT2D eigenvalue weighted by atomic mass is 10.0. The number of para-hydroxylation sites is 1. The third-order valence-electron chi connectivity index (χ3n) is 4.10. The summed E-state index contributed by atoms with van der Waals surface area (Å²) in [6.07, 6.45) is 0.485. The Kier molecular flexibility index (Phi) is 6.56. The predicted molar refractivity (Wildman–Crippen MR) is 103 cm³/mol. The van der Waals surface area contributed by atoms with E-state index in [9.17, 15) is 13.6 Å². The molecule has 1 unspecified atom stereocenters. The fourth-order valence-electron chi connectivity index (χ4n) is 2.85. The van der Waals surface area contributed by atoms with Crippen LogP contribution in [0, 0.1) is 0 Å². The second-order valence-electron chi connectivity index (χ2n) is 5.95. The van der Waals surface area contributed by atoms with Gasteiger partial charge in [-0.3, -0.25) is 0 Å². The number of hydrogen-bond donors (Lipinski definition) is 2. The van der Waals surface area contributed by atoms with Crippen molar-refractivity contribution in [2.75, 3.05) is 18.5 Å². The van der Waals surface area contributed by atoms with Crippen molar-refractivity contribution in [2.24, 2.45) is 0 Å². The smallest absolute Gasteiger partial charge is 0.387 e. The molecule has 0 saturated heterocycles. The van der Waals surface area contributed by atoms with Gasteiger partial charge in [0.05, 0.1) is 11.7 Å². The van der Waals surface area contributed by atoms with Gasteiger partial charge in [0, 0.05) is 22.2 Å². The van der Waals surface area contributed by atoms with Gasteiger partial charge in [0.2, 0.25) is 0 Å². The third kappa shape index (κ3) is 4.83. The Hall–Kier alpha value is -2.55. The molecule has 0 spiro atoms. The lowest BCUT2D eigenvalue weighted by Crippen LogP contribution is -2.32. The van der Waals surface area contributed by atoms with Crippen LogP contribution >= 0.6 is 15.9 Å². The minimum atomic E-state index is -2.94. The van der Waals surface area contributed by atoms with E-state index in [1.54, 1.807) is 30.3 Å². The highest BCUT2D eigenvalue weighted by Crippen LogP contribution is 2.38. The van der Waals surface area contributed by atoms with E-state index in [2.05, 4.69) is 31.3 Å². The maximum atomic E-state index is 12.7. The van der Waals surface area contributed by atoms with Gasteiger partial charge in [-0.15, -0.1) is 0 Å². The Morgan fingerprint density at radius 1 is 1.21 bits per heavy atom. The number of fused-ring (bicyclic) bond motifs is 1. The van der Waals surface area contributed by atoms with Gasteiger partial charge >= 0.3 is 12.6 Å². The molecular formula is C19H19BrF2N2O4. The summed E-state index contributed by atoms with van der Waals surface area (Å²) in [6, 6.07) is 8.77. The highest BCUT2D eigenvalue weighted by atomic mass is 79.9. The van der Waals surface area contributed by atoms with Gasteiger partial charge in [-0.05, 0) is 28.4 Å². The molecule has 0 saturated carbocycles. The van der Waals surface area contributed by atoms with Crippen molar-refractivity contribution in [1.82, 2.24) is 5.32 Å². The number of alkyl halides is 2. The summed E-state index contributed by atoms with van der Waals surface area (Å²) < 4.78 is 41.5. The Labute approximate surface area is 169 Å². The summed E-state index contributed by atoms with van der Waals surface area (Å²) in [5.74, 6) is 1.16. The van der Waals surface area contributed by atoms with Crippen molar-refractivity contribution < 1.29 is 27.8 Å². The van der Waals surface area contributed by atoms with Crippen LogP contribution in [-0.4, -0.2) is 25.9 Å². The van der Waals surface area contributed by atoms with Crippen molar-refractivity contribution in [1.29, 1.82) is 0 Å². The first-order valence-corrected chi connectivity index (χ1v) is 9.47. The molecule has 0 aromatic heterocycles. The van der Waals surface area contributed by atoms with Crippen LogP contribution in [0.5, 0.6) is 17.2 Å². The van der Waals surface area contributed by atoms with E-state index < -0.39 is 18.7 Å². The molecule has 1 atom stereocenters. The first kappa shape index (κ1) is 20.2. The summed E-state index contributed by atoms with van der Waals surface area (Å²) >= 11 is 3.39. The Morgan fingerprint density at radius 3 is 2.57 bits per heavy atom. The quantitative estimate of drug-likeness (QED) is 0.634. The Morgan fingerprint density at radius 2 is 1.89 bits per heavy atom. The molecule has 0 bridgehead atoms. The van der Waals surface area contributed by atoms with Crippen molar-refractivity contribution in [2.45, 2.75) is 26.0 Å². The second kappa shape index (κ2) is 9.09. The number of carbonyl (C=O) groups is 1. The fourth-order valence-corrected chi connectivity index (χ4v) is 3.27. The van der Waals surface area contributed by atoms with Gasteiger partial charge < -0.3 is 24.8 Å². The van der Waals surface area contributed by atoms with Crippen molar-refractivity contribution in [3.8, 4) is 17.2 Å². The highest BCUT2D eigenvalue weighted by Gasteiger charge is 2.20. The number of carbonyl (C=O) groups excluding carboxylic acids is 1. The third-order valence-corrected chi connectivity index (χ3v) is 4.76. The molecule has 0 fully saturated rings. The van der Waals surface area contributed by atoms with E-state index >= 15 is 0 Å². The lowest BCUT2D eigenvalue weighted by molar-refractivity contribution is -0.0506. The van der Waals surface area contributed by atoms with Crippen LogP contribution < -0.4 is 24.8 Å². The molecule has 28 heavy (non-hydrogen) atoms. The summed E-state index contributed by atoms with van der Waals surface area (Å²) in [4.78, 5) is 12.5. The molecule has 2 aromatic rings. The molecule has 1 aliphatic heterocycles. The van der Waals surface area contributed by atoms with E-state index in [1.807, 2.05) is 6.92 Å². The fraction of sp³-hybridized carbons (Fsp3) is 0.316. The van der Waals surface area contributed by atoms with Gasteiger partial charge in [0.15, 0.2) is 11.5 Å². The number of ether oxygens (including phenoxy) is 3. The summed E-state index contributed by atoms with van der Waals surface area (Å²) in [5, 5.41) is 5.52. The number of nitrogens with one attached hydrogen (secondary N) is 2. The number of urea groups is 1. The molecule has 1 heterocycles. The topological polar surface area (TPSA) is 68.8 Å². The van der Waals surface area contributed by atoms with E-state index in [0.29, 0.717) is 46.9 Å². The molecule has 0 radical (unpaired) electrons. The van der Waals surface area contributed by atoms with Gasteiger partial charge in [-0.1, -0.05) is 25.1 Å². The molecule has 150 valence electrons. The van der Waals surface area contributed by atoms with Gasteiger partial charge in [-0.2, -0.15) is 8.78 Å². The van der Waals surface area contributed by atoms with Crippen LogP contribution in [0.2, 0.25) is 0 Å². The van der Waals surface area contributed by atoms with Gasteiger partial charge in [0.1, 0.15) is 19.0 Å². The van der Waals surface area contributed by atoms with Gasteiger partial charge in [-0.25, -0.2) is 4.79 Å². The van der Waals surface area contributed by atoms with E-state index in [-0.39, 0.29) is 5.75 Å². The number of halogens is 3. The predicted octanol–water partition coefficient (Wildman–Crippen LogP) is 5.09. The number of rotatable bonds is 6. The van der Waals surface area contributed by atoms with Crippen molar-refractivity contribution >= 4 is 27.6 Å². The number of amides is 2. The van der Waals surface area contributed by atoms with Crippen LogP contribution in [0.1, 0.15) is 24.9 Å². The van der Waals surface area contributed by atoms with E-state index in [1.165, 1.54) is 6.07 Å². The van der Waals surface area contributed by atoms with Crippen molar-refractivity contribution in [3.05, 3.63) is 46.4 Å². The average molecular weight is 457 g/mol. The Bertz CT molecular complexity index is 851. The lowest BCUT2D eigenvalue weighted by Gasteiger charge is -2.22. The second-order valence-corrected chi connectivity index (χ2v) is 6.81. The largest absolute Gasteiger partial charge is 0.486 e. The molecule has 2 aromatic carbocycles. The zero-order valence-electron chi connectivity index (χ0n) is 15.0. The first-order chi connectivity index (χ1) is 13.5. The molecule has 1 aliphatic rings. The molecule has 0 aliphatic carbocycles. The molecule has 2 N–H and O–H groups in total. The molecule has 2 amide bonds. The first-order valence-electron chi connectivity index (χ1n) is 8.68. The zero-order valence-corrected chi connectivity index (χ0v) is 16.6. The monoisotopic (exact) mass is 456 g/mol. The van der Waals surface area contributed by atoms with Crippen LogP contribution in [0.4, 0.5) is 19.3 Å². The van der Waals surface area contributed by atoms with Crippen molar-refractivity contribution in [3.63, 3.8) is 0 Å².